The molecule has 5 rings (SSSR count). The third-order valence-electron chi connectivity index (χ3n) is 6.65. The zero-order chi connectivity index (χ0) is 25.8. The summed E-state index contributed by atoms with van der Waals surface area (Å²) in [4.78, 5) is 28.6. The predicted molar refractivity (Wildman–Crippen MR) is 143 cm³/mol. The van der Waals surface area contributed by atoms with Crippen LogP contribution in [0.25, 0.3) is 10.9 Å². The Hall–Kier alpha value is -3.65. The van der Waals surface area contributed by atoms with Gasteiger partial charge in [0.15, 0.2) is 0 Å². The number of hydrogen-bond donors (Lipinski definition) is 0. The summed E-state index contributed by atoms with van der Waals surface area (Å²) in [6, 6.07) is 16.1. The number of halogens is 2. The van der Waals surface area contributed by atoms with E-state index in [1.165, 1.54) is 6.07 Å². The quantitative estimate of drug-likeness (QED) is 0.312. The molecule has 2 aromatic heterocycles. The molecule has 37 heavy (non-hydrogen) atoms. The van der Waals surface area contributed by atoms with Crippen LogP contribution in [0, 0.1) is 5.82 Å². The number of benzene rings is 2. The summed E-state index contributed by atoms with van der Waals surface area (Å²) >= 11 is 6.24. The van der Waals surface area contributed by atoms with Crippen LogP contribution < -0.4 is 9.80 Å². The molecule has 1 aliphatic heterocycles. The Kier molecular flexibility index (Phi) is 7.55. The second kappa shape index (κ2) is 11.2. The summed E-state index contributed by atoms with van der Waals surface area (Å²) in [7, 11) is 0. The number of para-hydroxylation sites is 1. The molecule has 0 radical (unpaired) electrons. The minimum absolute atomic E-state index is 0.0646. The average molecular weight is 522 g/mol. The molecule has 0 unspecified atom stereocenters. The lowest BCUT2D eigenvalue weighted by atomic mass is 10.2. The number of rotatable bonds is 8. The van der Waals surface area contributed by atoms with Crippen LogP contribution in [0.15, 0.2) is 65.3 Å². The molecule has 0 bridgehead atoms. The number of nitrogens with zero attached hydrogens (tertiary/aromatic N) is 5. The van der Waals surface area contributed by atoms with Gasteiger partial charge in [0.05, 0.1) is 24.0 Å². The molecule has 0 aliphatic carbocycles. The number of piperazine rings is 1. The van der Waals surface area contributed by atoms with E-state index in [9.17, 15) is 9.18 Å². The highest BCUT2D eigenvalue weighted by atomic mass is 35.5. The SMILES string of the molecule is CCc1nc(N(CCC(=O)N2CCN(c3ccccc3F)CC2)Cc2ccco2)c2ccc(Cl)cc2n1. The highest BCUT2D eigenvalue weighted by Crippen LogP contribution is 2.28. The zero-order valence-electron chi connectivity index (χ0n) is 20.7. The first kappa shape index (κ1) is 25.0. The number of carbonyl (C=O) groups excluding carboxylic acids is 1. The number of carbonyl (C=O) groups is 1. The second-order valence-electron chi connectivity index (χ2n) is 9.05. The third kappa shape index (κ3) is 5.69. The Morgan fingerprint density at radius 1 is 1.08 bits per heavy atom. The summed E-state index contributed by atoms with van der Waals surface area (Å²) < 4.78 is 19.8. The smallest absolute Gasteiger partial charge is 0.224 e. The number of furan rings is 1. The fourth-order valence-electron chi connectivity index (χ4n) is 4.68. The molecule has 3 heterocycles. The van der Waals surface area contributed by atoms with Crippen LogP contribution in [0.2, 0.25) is 5.02 Å². The van der Waals surface area contributed by atoms with Crippen LogP contribution in [0.1, 0.15) is 24.9 Å². The summed E-state index contributed by atoms with van der Waals surface area (Å²) in [5.41, 5.74) is 1.36. The van der Waals surface area contributed by atoms with Crippen molar-refractivity contribution in [2.75, 3.05) is 42.5 Å². The molecule has 2 aromatic carbocycles. The molecule has 9 heteroatoms. The van der Waals surface area contributed by atoms with Crippen molar-refractivity contribution >= 4 is 39.9 Å². The van der Waals surface area contributed by atoms with Gasteiger partial charge in [-0.1, -0.05) is 30.7 Å². The van der Waals surface area contributed by atoms with Crippen molar-refractivity contribution in [3.05, 3.63) is 83.3 Å². The highest BCUT2D eigenvalue weighted by molar-refractivity contribution is 6.31. The topological polar surface area (TPSA) is 65.7 Å². The Bertz CT molecular complexity index is 1370. The van der Waals surface area contributed by atoms with Crippen LogP contribution in [-0.4, -0.2) is 53.5 Å². The number of anilines is 2. The summed E-state index contributed by atoms with van der Waals surface area (Å²) in [5, 5.41) is 1.49. The van der Waals surface area contributed by atoms with Gasteiger partial charge in [-0.05, 0) is 42.5 Å². The van der Waals surface area contributed by atoms with E-state index in [2.05, 4.69) is 9.88 Å². The molecule has 0 spiro atoms. The minimum atomic E-state index is -0.236. The maximum atomic E-state index is 14.2. The van der Waals surface area contributed by atoms with E-state index in [4.69, 9.17) is 21.0 Å². The van der Waals surface area contributed by atoms with Crippen LogP contribution in [0.3, 0.4) is 0 Å². The molecule has 1 aliphatic rings. The summed E-state index contributed by atoms with van der Waals surface area (Å²) in [6.07, 6.45) is 2.64. The van der Waals surface area contributed by atoms with Gasteiger partial charge < -0.3 is 19.1 Å². The molecule has 1 fully saturated rings. The third-order valence-corrected chi connectivity index (χ3v) is 6.88. The van der Waals surface area contributed by atoms with Gasteiger partial charge in [-0.3, -0.25) is 4.79 Å². The molecule has 1 saturated heterocycles. The molecule has 4 aromatic rings. The van der Waals surface area contributed by atoms with Crippen LogP contribution >= 0.6 is 11.6 Å². The van der Waals surface area contributed by atoms with Crippen LogP contribution in [0.5, 0.6) is 0 Å². The Morgan fingerprint density at radius 2 is 1.89 bits per heavy atom. The Morgan fingerprint density at radius 3 is 2.62 bits per heavy atom. The van der Waals surface area contributed by atoms with Crippen LogP contribution in [-0.2, 0) is 17.8 Å². The fraction of sp³-hybridized carbons (Fsp3) is 0.321. The molecular weight excluding hydrogens is 493 g/mol. The standard InChI is InChI=1S/C28H29ClFN5O2/c1-2-26-31-24-18-20(29)9-10-22(24)28(32-26)35(19-21-6-5-17-37-21)12-11-27(36)34-15-13-33(14-16-34)25-8-4-3-7-23(25)30/h3-10,17-18H,2,11-16,19H2,1H3. The summed E-state index contributed by atoms with van der Waals surface area (Å²) in [6.45, 7) is 5.25. The van der Waals surface area contributed by atoms with Crippen LogP contribution in [0.4, 0.5) is 15.9 Å². The van der Waals surface area contributed by atoms with E-state index in [0.29, 0.717) is 68.6 Å². The molecule has 1 amide bonds. The van der Waals surface area contributed by atoms with Gasteiger partial charge in [-0.25, -0.2) is 14.4 Å². The number of aryl methyl sites for hydroxylation is 1. The Labute approximate surface area is 220 Å². The van der Waals surface area contributed by atoms with Crippen molar-refractivity contribution in [2.24, 2.45) is 0 Å². The number of aromatic nitrogens is 2. The maximum absolute atomic E-state index is 14.2. The van der Waals surface area contributed by atoms with E-state index >= 15 is 0 Å². The molecule has 192 valence electrons. The zero-order valence-corrected chi connectivity index (χ0v) is 21.5. The van der Waals surface area contributed by atoms with Gasteiger partial charge in [0, 0.05) is 56.0 Å². The molecule has 0 atom stereocenters. The van der Waals surface area contributed by atoms with Crippen molar-refractivity contribution in [2.45, 2.75) is 26.3 Å². The van der Waals surface area contributed by atoms with Crippen molar-refractivity contribution in [3.8, 4) is 0 Å². The van der Waals surface area contributed by atoms with Gasteiger partial charge in [0.25, 0.3) is 0 Å². The highest BCUT2D eigenvalue weighted by Gasteiger charge is 2.24. The maximum Gasteiger partial charge on any atom is 0.224 e. The molecule has 0 N–H and O–H groups in total. The van der Waals surface area contributed by atoms with E-state index in [-0.39, 0.29) is 11.7 Å². The minimum Gasteiger partial charge on any atom is -0.467 e. The van der Waals surface area contributed by atoms with Gasteiger partial charge in [0.2, 0.25) is 5.91 Å². The first-order valence-corrected chi connectivity index (χ1v) is 12.9. The lowest BCUT2D eigenvalue weighted by Gasteiger charge is -2.36. The number of hydrogen-bond acceptors (Lipinski definition) is 6. The average Bonchev–Trinajstić information content (AvgIpc) is 3.43. The lowest BCUT2D eigenvalue weighted by molar-refractivity contribution is -0.131. The Balaban J connectivity index is 1.32. The van der Waals surface area contributed by atoms with Crippen molar-refractivity contribution in [1.82, 2.24) is 14.9 Å². The monoisotopic (exact) mass is 521 g/mol. The van der Waals surface area contributed by atoms with E-state index in [1.807, 2.05) is 53.1 Å². The fourth-order valence-corrected chi connectivity index (χ4v) is 4.84. The first-order chi connectivity index (χ1) is 18.0. The van der Waals surface area contributed by atoms with Crippen molar-refractivity contribution in [3.63, 3.8) is 0 Å². The van der Waals surface area contributed by atoms with E-state index in [0.717, 1.165) is 22.5 Å². The lowest BCUT2D eigenvalue weighted by Crippen LogP contribution is -2.49. The second-order valence-corrected chi connectivity index (χ2v) is 9.49. The normalized spacial score (nSPS) is 13.8. The van der Waals surface area contributed by atoms with Gasteiger partial charge in [-0.2, -0.15) is 0 Å². The van der Waals surface area contributed by atoms with E-state index < -0.39 is 0 Å². The van der Waals surface area contributed by atoms with Gasteiger partial charge >= 0.3 is 0 Å². The number of amides is 1. The number of fused-ring (bicyclic) bond motifs is 1. The van der Waals surface area contributed by atoms with Gasteiger partial charge in [-0.15, -0.1) is 0 Å². The molecular formula is C28H29ClFN5O2. The molecule has 0 saturated carbocycles. The van der Waals surface area contributed by atoms with Crippen molar-refractivity contribution < 1.29 is 13.6 Å². The van der Waals surface area contributed by atoms with Gasteiger partial charge in [0.1, 0.15) is 23.2 Å². The van der Waals surface area contributed by atoms with Crippen molar-refractivity contribution in [1.29, 1.82) is 0 Å². The summed E-state index contributed by atoms with van der Waals surface area (Å²) in [5.74, 6) is 2.08. The largest absolute Gasteiger partial charge is 0.467 e. The van der Waals surface area contributed by atoms with E-state index in [1.54, 1.807) is 18.4 Å². The first-order valence-electron chi connectivity index (χ1n) is 12.5. The molecule has 7 nitrogen and oxygen atoms in total. The predicted octanol–water partition coefficient (Wildman–Crippen LogP) is 5.32.